The Hall–Kier alpha value is -4.04. The molecule has 272 valence electrons. The van der Waals surface area contributed by atoms with Crippen molar-refractivity contribution in [3.63, 3.8) is 0 Å². The molecule has 2 aliphatic heterocycles. The topological polar surface area (TPSA) is 157 Å². The van der Waals surface area contributed by atoms with E-state index in [1.807, 2.05) is 42.7 Å². The number of hydrogen-bond acceptors (Lipinski definition) is 10. The zero-order chi connectivity index (χ0) is 36.1. The maximum atomic E-state index is 14.1. The van der Waals surface area contributed by atoms with Crippen LogP contribution in [0.3, 0.4) is 0 Å². The van der Waals surface area contributed by atoms with Gasteiger partial charge in [-0.05, 0) is 63.5 Å². The third-order valence-electron chi connectivity index (χ3n) is 10.5. The quantitative estimate of drug-likeness (QED) is 0.299. The minimum absolute atomic E-state index is 0.152. The molecule has 0 bridgehead atoms. The third kappa shape index (κ3) is 7.09. The van der Waals surface area contributed by atoms with E-state index in [2.05, 4.69) is 23.9 Å². The number of sulfonamides is 1. The largest absolute Gasteiger partial charge is 0.496 e. The first-order valence-electron chi connectivity index (χ1n) is 17.8. The first-order valence-corrected chi connectivity index (χ1v) is 20.3. The van der Waals surface area contributed by atoms with Gasteiger partial charge in [-0.15, -0.1) is 11.3 Å². The van der Waals surface area contributed by atoms with E-state index in [4.69, 9.17) is 19.4 Å². The standard InChI is InChI=1S/C37H45N5O7S2/c1-21(2)28-20-50-35(39-28)27-17-31(26-14-15-30(48-4)22(3)33(26)38-27)49-24-16-29-34(44)40-37(36(45)41-51(46,47)25-12-13-25)18-23(37)10-8-6-5-7-9-11-32(43)42(29)19-24/h8,10,14-15,17,20-21,23-25,29H,5-7,9,11-13,16,18-19H2,1-4H3,(H,40,44)(H,41,45)/t23-,24-,29+,37-/m1/s1. The molecular formula is C37H45N5O7S2. The van der Waals surface area contributed by atoms with Gasteiger partial charge in [0, 0.05) is 41.2 Å². The monoisotopic (exact) mass is 735 g/mol. The van der Waals surface area contributed by atoms with E-state index < -0.39 is 44.8 Å². The molecule has 2 N–H and O–H groups in total. The highest BCUT2D eigenvalue weighted by molar-refractivity contribution is 7.91. The van der Waals surface area contributed by atoms with Crippen LogP contribution in [-0.2, 0) is 24.4 Å². The average Bonchev–Trinajstić information content (AvgIpc) is 3.97. The number of carbonyl (C=O) groups is 3. The number of methoxy groups -OCH3 is 1. The molecule has 3 amide bonds. The van der Waals surface area contributed by atoms with E-state index in [0.717, 1.165) is 40.9 Å². The van der Waals surface area contributed by atoms with Crippen LogP contribution in [0.2, 0.25) is 0 Å². The predicted molar refractivity (Wildman–Crippen MR) is 194 cm³/mol. The number of benzene rings is 1. The Labute approximate surface area is 302 Å². The number of aryl methyl sites for hydroxylation is 1. The van der Waals surface area contributed by atoms with Crippen LogP contribution in [-0.4, -0.2) is 77.6 Å². The van der Waals surface area contributed by atoms with Gasteiger partial charge in [0.15, 0.2) is 0 Å². The van der Waals surface area contributed by atoms with Crippen molar-refractivity contribution in [3.05, 3.63) is 47.0 Å². The Balaban J connectivity index is 1.19. The molecule has 0 radical (unpaired) electrons. The van der Waals surface area contributed by atoms with E-state index in [9.17, 15) is 22.8 Å². The number of pyridine rings is 1. The summed E-state index contributed by atoms with van der Waals surface area (Å²) in [5.41, 5.74) is 1.78. The van der Waals surface area contributed by atoms with Crippen LogP contribution in [0.25, 0.3) is 21.6 Å². The van der Waals surface area contributed by atoms with Crippen molar-refractivity contribution in [1.29, 1.82) is 0 Å². The minimum Gasteiger partial charge on any atom is -0.496 e. The summed E-state index contributed by atoms with van der Waals surface area (Å²) in [7, 11) is -2.21. The van der Waals surface area contributed by atoms with E-state index in [1.165, 1.54) is 11.3 Å². The van der Waals surface area contributed by atoms with Crippen molar-refractivity contribution in [2.75, 3.05) is 13.7 Å². The molecule has 51 heavy (non-hydrogen) atoms. The normalized spacial score (nSPS) is 25.6. The lowest BCUT2D eigenvalue weighted by molar-refractivity contribution is -0.139. The number of rotatable bonds is 8. The van der Waals surface area contributed by atoms with Gasteiger partial charge in [0.2, 0.25) is 21.8 Å². The Morgan fingerprint density at radius 2 is 1.94 bits per heavy atom. The molecule has 2 aliphatic carbocycles. The number of allylic oxidation sites excluding steroid dienone is 1. The number of ether oxygens (including phenoxy) is 2. The summed E-state index contributed by atoms with van der Waals surface area (Å²) in [5.74, 6) is -0.217. The van der Waals surface area contributed by atoms with Crippen molar-refractivity contribution in [2.45, 2.75) is 107 Å². The highest BCUT2D eigenvalue weighted by Gasteiger charge is 2.62. The van der Waals surface area contributed by atoms with Crippen molar-refractivity contribution < 1.29 is 32.3 Å². The van der Waals surface area contributed by atoms with Crippen LogP contribution in [0.5, 0.6) is 11.5 Å². The molecule has 0 unspecified atom stereocenters. The molecule has 12 nitrogen and oxygen atoms in total. The summed E-state index contributed by atoms with van der Waals surface area (Å²) in [6.45, 7) is 6.30. The second-order valence-corrected chi connectivity index (χ2v) is 17.4. The number of thiazole rings is 1. The van der Waals surface area contributed by atoms with Gasteiger partial charge in [0.05, 0.1) is 30.1 Å². The zero-order valence-corrected chi connectivity index (χ0v) is 31.1. The van der Waals surface area contributed by atoms with Crippen molar-refractivity contribution >= 4 is 50.0 Å². The molecule has 1 aromatic carbocycles. The molecule has 4 heterocycles. The minimum atomic E-state index is -3.82. The van der Waals surface area contributed by atoms with Crippen molar-refractivity contribution in [2.24, 2.45) is 5.92 Å². The molecule has 7 rings (SSSR count). The van der Waals surface area contributed by atoms with Crippen LogP contribution >= 0.6 is 11.3 Å². The highest BCUT2D eigenvalue weighted by Crippen LogP contribution is 2.46. The molecule has 14 heteroatoms. The summed E-state index contributed by atoms with van der Waals surface area (Å²) in [4.78, 5) is 52.8. The molecule has 1 saturated heterocycles. The molecule has 2 aromatic heterocycles. The molecule has 0 spiro atoms. The van der Waals surface area contributed by atoms with Crippen LogP contribution in [0, 0.1) is 12.8 Å². The number of nitrogens with zero attached hydrogens (tertiary/aromatic N) is 3. The fraction of sp³-hybridized carbons (Fsp3) is 0.541. The lowest BCUT2D eigenvalue weighted by Gasteiger charge is -2.26. The second-order valence-electron chi connectivity index (χ2n) is 14.5. The number of aromatic nitrogens is 2. The van der Waals surface area contributed by atoms with Crippen LogP contribution in [0.15, 0.2) is 35.7 Å². The summed E-state index contributed by atoms with van der Waals surface area (Å²) >= 11 is 1.51. The van der Waals surface area contributed by atoms with Crippen molar-refractivity contribution in [3.8, 4) is 22.2 Å². The number of fused-ring (bicyclic) bond motifs is 3. The first-order chi connectivity index (χ1) is 24.4. The predicted octanol–water partition coefficient (Wildman–Crippen LogP) is 5.15. The fourth-order valence-corrected chi connectivity index (χ4v) is 9.45. The maximum Gasteiger partial charge on any atom is 0.259 e. The Bertz CT molecular complexity index is 2010. The van der Waals surface area contributed by atoms with Crippen molar-refractivity contribution in [1.82, 2.24) is 24.9 Å². The van der Waals surface area contributed by atoms with E-state index >= 15 is 0 Å². The number of hydrogen-bond donors (Lipinski definition) is 2. The zero-order valence-electron chi connectivity index (χ0n) is 29.4. The smallest absolute Gasteiger partial charge is 0.259 e. The van der Waals surface area contributed by atoms with Gasteiger partial charge in [-0.25, -0.2) is 18.4 Å². The Kier molecular flexibility index (Phi) is 9.59. The lowest BCUT2D eigenvalue weighted by atomic mass is 10.1. The molecule has 3 fully saturated rings. The Morgan fingerprint density at radius 3 is 2.67 bits per heavy atom. The average molecular weight is 736 g/mol. The molecule has 2 saturated carbocycles. The van der Waals surface area contributed by atoms with Gasteiger partial charge in [-0.2, -0.15) is 0 Å². The van der Waals surface area contributed by atoms with Gasteiger partial charge < -0.3 is 19.7 Å². The van der Waals surface area contributed by atoms with E-state index in [1.54, 1.807) is 12.0 Å². The summed E-state index contributed by atoms with van der Waals surface area (Å²) in [6, 6.07) is 4.74. The summed E-state index contributed by atoms with van der Waals surface area (Å²) in [6.07, 6.45) is 8.34. The number of carbonyl (C=O) groups excluding carboxylic acids is 3. The SMILES string of the molecule is COc1ccc2c(O[C@@H]3C[C@H]4C(=O)N[C@]5(C(=O)NS(=O)(=O)C6CC6)C[C@H]5C=CCCCCCC(=O)N4C3)cc(-c3nc(C(C)C)cs3)nc2c1C. The molecule has 3 aromatic rings. The van der Waals surface area contributed by atoms with Crippen LogP contribution in [0.4, 0.5) is 0 Å². The van der Waals surface area contributed by atoms with Gasteiger partial charge in [0.25, 0.3) is 5.91 Å². The third-order valence-corrected chi connectivity index (χ3v) is 13.2. The maximum absolute atomic E-state index is 14.1. The van der Waals surface area contributed by atoms with Gasteiger partial charge >= 0.3 is 0 Å². The van der Waals surface area contributed by atoms with Gasteiger partial charge in [0.1, 0.15) is 39.9 Å². The lowest BCUT2D eigenvalue weighted by Crippen LogP contribution is -2.56. The van der Waals surface area contributed by atoms with Crippen LogP contribution < -0.4 is 19.5 Å². The van der Waals surface area contributed by atoms with E-state index in [0.29, 0.717) is 42.0 Å². The summed E-state index contributed by atoms with van der Waals surface area (Å²) < 4.78 is 40.1. The van der Waals surface area contributed by atoms with Gasteiger partial charge in [-0.3, -0.25) is 19.1 Å². The molecule has 4 aliphatic rings. The van der Waals surface area contributed by atoms with Crippen LogP contribution in [0.1, 0.15) is 88.8 Å². The number of nitrogens with one attached hydrogen (secondary N) is 2. The fourth-order valence-electron chi connectivity index (χ4n) is 7.15. The van der Waals surface area contributed by atoms with E-state index in [-0.39, 0.29) is 43.6 Å². The van der Waals surface area contributed by atoms with Gasteiger partial charge in [-0.1, -0.05) is 32.4 Å². The second kappa shape index (κ2) is 13.8. The highest BCUT2D eigenvalue weighted by atomic mass is 32.2. The number of amides is 3. The summed E-state index contributed by atoms with van der Waals surface area (Å²) in [5, 5.41) is 5.90. The Morgan fingerprint density at radius 1 is 1.14 bits per heavy atom. The molecular weight excluding hydrogens is 691 g/mol. The first kappa shape index (κ1) is 35.4. The molecule has 4 atom stereocenters.